The summed E-state index contributed by atoms with van der Waals surface area (Å²) in [6.07, 6.45) is 7.93. The highest BCUT2D eigenvalue weighted by Crippen LogP contribution is 2.30. The van der Waals surface area contributed by atoms with Gasteiger partial charge in [0.2, 0.25) is 5.91 Å². The largest absolute Gasteiger partial charge is 0.384 e. The van der Waals surface area contributed by atoms with Crippen LogP contribution in [0.2, 0.25) is 0 Å². The van der Waals surface area contributed by atoms with Crippen molar-refractivity contribution in [3.63, 3.8) is 0 Å². The van der Waals surface area contributed by atoms with Crippen molar-refractivity contribution >= 4 is 5.91 Å². The Morgan fingerprint density at radius 1 is 1.22 bits per heavy atom. The lowest BCUT2D eigenvalue weighted by Gasteiger charge is -2.36. The number of methoxy groups -OCH3 is 1. The SMILES string of the molecule is COCCC(=O)NC(c1ccccn1)C1CCN(Cc2ccncc2)CC1. The monoisotopic (exact) mass is 368 g/mol. The molecule has 3 rings (SSSR count). The molecule has 1 unspecified atom stereocenters. The van der Waals surface area contributed by atoms with Crippen LogP contribution in [0.3, 0.4) is 0 Å². The number of rotatable bonds is 8. The summed E-state index contributed by atoms with van der Waals surface area (Å²) >= 11 is 0. The average molecular weight is 368 g/mol. The number of carbonyl (C=O) groups excluding carboxylic acids is 1. The number of pyridine rings is 2. The van der Waals surface area contributed by atoms with Gasteiger partial charge in [-0.05, 0) is 61.7 Å². The molecule has 27 heavy (non-hydrogen) atoms. The molecular weight excluding hydrogens is 340 g/mol. The normalized spacial score (nSPS) is 16.8. The molecule has 1 amide bonds. The van der Waals surface area contributed by atoms with Crippen LogP contribution in [0.5, 0.6) is 0 Å². The fraction of sp³-hybridized carbons (Fsp3) is 0.476. The number of amides is 1. The molecule has 2 aromatic rings. The van der Waals surface area contributed by atoms with Crippen LogP contribution in [0, 0.1) is 5.92 Å². The summed E-state index contributed by atoms with van der Waals surface area (Å²) in [5, 5.41) is 3.19. The molecule has 1 aliphatic rings. The fourth-order valence-corrected chi connectivity index (χ4v) is 3.62. The maximum absolute atomic E-state index is 12.3. The number of aromatic nitrogens is 2. The second kappa shape index (κ2) is 10.1. The first-order valence-corrected chi connectivity index (χ1v) is 9.56. The molecule has 0 spiro atoms. The van der Waals surface area contributed by atoms with Gasteiger partial charge >= 0.3 is 0 Å². The zero-order chi connectivity index (χ0) is 18.9. The third kappa shape index (κ3) is 5.84. The Hall–Kier alpha value is -2.31. The average Bonchev–Trinajstić information content (AvgIpc) is 2.72. The van der Waals surface area contributed by atoms with Gasteiger partial charge in [-0.15, -0.1) is 0 Å². The van der Waals surface area contributed by atoms with Gasteiger partial charge in [0.25, 0.3) is 0 Å². The second-order valence-corrected chi connectivity index (χ2v) is 7.01. The van der Waals surface area contributed by atoms with Gasteiger partial charge in [0.05, 0.1) is 18.3 Å². The van der Waals surface area contributed by atoms with E-state index in [2.05, 4.69) is 32.3 Å². The number of piperidine rings is 1. The van der Waals surface area contributed by atoms with E-state index in [-0.39, 0.29) is 11.9 Å². The van der Waals surface area contributed by atoms with Gasteiger partial charge in [-0.3, -0.25) is 19.7 Å². The summed E-state index contributed by atoms with van der Waals surface area (Å²) in [5.41, 5.74) is 2.23. The van der Waals surface area contributed by atoms with Gasteiger partial charge in [0, 0.05) is 38.7 Å². The lowest BCUT2D eigenvalue weighted by Crippen LogP contribution is -2.41. The van der Waals surface area contributed by atoms with Crippen molar-refractivity contribution in [1.29, 1.82) is 0 Å². The van der Waals surface area contributed by atoms with Crippen LogP contribution < -0.4 is 5.32 Å². The van der Waals surface area contributed by atoms with Crippen molar-refractivity contribution in [2.45, 2.75) is 31.8 Å². The van der Waals surface area contributed by atoms with Crippen LogP contribution >= 0.6 is 0 Å². The van der Waals surface area contributed by atoms with Crippen LogP contribution in [-0.4, -0.2) is 47.6 Å². The zero-order valence-corrected chi connectivity index (χ0v) is 15.9. The summed E-state index contributed by atoms with van der Waals surface area (Å²) in [6.45, 7) is 3.42. The zero-order valence-electron chi connectivity index (χ0n) is 15.9. The van der Waals surface area contributed by atoms with E-state index < -0.39 is 0 Å². The van der Waals surface area contributed by atoms with E-state index in [0.717, 1.165) is 38.2 Å². The standard InChI is InChI=1S/C21H28N4O2/c1-27-15-9-20(26)24-21(19-4-2-3-10-23-19)18-7-13-25(14-8-18)16-17-5-11-22-12-6-17/h2-6,10-12,18,21H,7-9,13-16H2,1H3,(H,24,26). The number of likely N-dealkylation sites (tertiary alicyclic amines) is 1. The van der Waals surface area contributed by atoms with Gasteiger partial charge in [0.1, 0.15) is 0 Å². The molecule has 6 nitrogen and oxygen atoms in total. The highest BCUT2D eigenvalue weighted by molar-refractivity contribution is 5.76. The molecule has 1 N–H and O–H groups in total. The molecule has 0 saturated carbocycles. The molecule has 3 heterocycles. The fourth-order valence-electron chi connectivity index (χ4n) is 3.62. The molecule has 144 valence electrons. The Labute approximate surface area is 161 Å². The number of nitrogens with zero attached hydrogens (tertiary/aromatic N) is 3. The number of hydrogen-bond acceptors (Lipinski definition) is 5. The molecule has 1 fully saturated rings. The molecule has 0 bridgehead atoms. The summed E-state index contributed by atoms with van der Waals surface area (Å²) < 4.78 is 5.03. The quantitative estimate of drug-likeness (QED) is 0.776. The van der Waals surface area contributed by atoms with Gasteiger partial charge in [0.15, 0.2) is 0 Å². The third-order valence-electron chi connectivity index (χ3n) is 5.12. The van der Waals surface area contributed by atoms with Crippen LogP contribution in [0.15, 0.2) is 48.9 Å². The van der Waals surface area contributed by atoms with E-state index in [1.54, 1.807) is 13.3 Å². The molecule has 0 aliphatic carbocycles. The molecule has 1 atom stereocenters. The Bertz CT molecular complexity index is 688. The topological polar surface area (TPSA) is 67.3 Å². The summed E-state index contributed by atoms with van der Waals surface area (Å²) in [7, 11) is 1.61. The van der Waals surface area contributed by atoms with Crippen molar-refractivity contribution in [1.82, 2.24) is 20.2 Å². The maximum atomic E-state index is 12.3. The molecule has 0 radical (unpaired) electrons. The van der Waals surface area contributed by atoms with E-state index in [0.29, 0.717) is 18.9 Å². The van der Waals surface area contributed by atoms with Gasteiger partial charge < -0.3 is 10.1 Å². The van der Waals surface area contributed by atoms with Gasteiger partial charge in [-0.25, -0.2) is 0 Å². The first-order chi connectivity index (χ1) is 13.3. The van der Waals surface area contributed by atoms with Crippen molar-refractivity contribution < 1.29 is 9.53 Å². The van der Waals surface area contributed by atoms with Crippen molar-refractivity contribution in [2.24, 2.45) is 5.92 Å². The second-order valence-electron chi connectivity index (χ2n) is 7.01. The third-order valence-corrected chi connectivity index (χ3v) is 5.12. The number of ether oxygens (including phenoxy) is 1. The van der Waals surface area contributed by atoms with Crippen molar-refractivity contribution in [3.05, 3.63) is 60.2 Å². The molecule has 0 aromatic carbocycles. The first kappa shape index (κ1) is 19.5. The molecule has 1 aliphatic heterocycles. The predicted octanol–water partition coefficient (Wildman–Crippen LogP) is 2.58. The van der Waals surface area contributed by atoms with Crippen LogP contribution in [0.25, 0.3) is 0 Å². The minimum atomic E-state index is -0.0429. The smallest absolute Gasteiger partial charge is 0.222 e. The van der Waals surface area contributed by atoms with E-state index in [1.807, 2.05) is 30.6 Å². The van der Waals surface area contributed by atoms with Gasteiger partial charge in [-0.2, -0.15) is 0 Å². The summed E-state index contributed by atoms with van der Waals surface area (Å²) in [4.78, 5) is 23.4. The Kier molecular flexibility index (Phi) is 7.30. The molecule has 1 saturated heterocycles. The lowest BCUT2D eigenvalue weighted by atomic mass is 9.87. The van der Waals surface area contributed by atoms with Crippen molar-refractivity contribution in [2.75, 3.05) is 26.8 Å². The molecule has 2 aromatic heterocycles. The molecular formula is C21H28N4O2. The van der Waals surface area contributed by atoms with Crippen LogP contribution in [0.4, 0.5) is 0 Å². The number of nitrogens with one attached hydrogen (secondary N) is 1. The van der Waals surface area contributed by atoms with Crippen LogP contribution in [-0.2, 0) is 16.1 Å². The first-order valence-electron chi connectivity index (χ1n) is 9.56. The lowest BCUT2D eigenvalue weighted by molar-refractivity contribution is -0.123. The Balaban J connectivity index is 1.61. The summed E-state index contributed by atoms with van der Waals surface area (Å²) in [5.74, 6) is 0.409. The van der Waals surface area contributed by atoms with Gasteiger partial charge in [-0.1, -0.05) is 6.07 Å². The number of carbonyl (C=O) groups is 1. The molecule has 6 heteroatoms. The number of hydrogen-bond donors (Lipinski definition) is 1. The summed E-state index contributed by atoms with van der Waals surface area (Å²) in [6, 6.07) is 9.99. The highest BCUT2D eigenvalue weighted by atomic mass is 16.5. The van der Waals surface area contributed by atoms with E-state index in [9.17, 15) is 4.79 Å². The van der Waals surface area contributed by atoms with E-state index >= 15 is 0 Å². The van der Waals surface area contributed by atoms with Crippen molar-refractivity contribution in [3.8, 4) is 0 Å². The van der Waals surface area contributed by atoms with E-state index in [1.165, 1.54) is 5.56 Å². The Morgan fingerprint density at radius 3 is 2.67 bits per heavy atom. The van der Waals surface area contributed by atoms with Crippen LogP contribution in [0.1, 0.15) is 36.6 Å². The highest BCUT2D eigenvalue weighted by Gasteiger charge is 2.29. The predicted molar refractivity (Wildman–Crippen MR) is 104 cm³/mol. The maximum Gasteiger partial charge on any atom is 0.222 e. The minimum absolute atomic E-state index is 0.0201. The Morgan fingerprint density at radius 2 is 2.00 bits per heavy atom. The van der Waals surface area contributed by atoms with E-state index in [4.69, 9.17) is 4.74 Å². The minimum Gasteiger partial charge on any atom is -0.384 e.